The molecule has 21 heavy (non-hydrogen) atoms. The summed E-state index contributed by atoms with van der Waals surface area (Å²) in [6.07, 6.45) is -4.78. The highest BCUT2D eigenvalue weighted by atomic mass is 19.4. The SMILES string of the molecule is C#CCNC(CN)c1cc(C(F)(F)F)cc(C(F)(F)F)c1. The van der Waals surface area contributed by atoms with Gasteiger partial charge in [-0.05, 0) is 23.8 Å². The van der Waals surface area contributed by atoms with Crippen LogP contribution in [0.25, 0.3) is 0 Å². The van der Waals surface area contributed by atoms with E-state index in [1.165, 1.54) is 0 Å². The summed E-state index contributed by atoms with van der Waals surface area (Å²) in [5.74, 6) is 2.18. The molecule has 0 spiro atoms. The van der Waals surface area contributed by atoms with E-state index in [1.54, 1.807) is 0 Å². The summed E-state index contributed by atoms with van der Waals surface area (Å²) in [6.45, 7) is -0.222. The standard InChI is InChI=1S/C13H12F6N2/c1-2-3-21-11(7-20)8-4-9(12(14,15)16)6-10(5-8)13(17,18)19/h1,4-6,11,21H,3,7,20H2. The molecule has 116 valence electrons. The molecule has 1 atom stereocenters. The number of halogens is 6. The van der Waals surface area contributed by atoms with Gasteiger partial charge < -0.3 is 5.73 Å². The number of alkyl halides is 6. The highest BCUT2D eigenvalue weighted by Gasteiger charge is 2.37. The summed E-state index contributed by atoms with van der Waals surface area (Å²) in [4.78, 5) is 0. The van der Waals surface area contributed by atoms with Crippen molar-refractivity contribution in [3.8, 4) is 12.3 Å². The lowest BCUT2D eigenvalue weighted by Gasteiger charge is -2.20. The molecule has 2 nitrogen and oxygen atoms in total. The van der Waals surface area contributed by atoms with Gasteiger partial charge in [0, 0.05) is 12.6 Å². The fourth-order valence-corrected chi connectivity index (χ4v) is 1.70. The van der Waals surface area contributed by atoms with Crippen molar-refractivity contribution in [3.63, 3.8) is 0 Å². The summed E-state index contributed by atoms with van der Waals surface area (Å²) in [6, 6.07) is 0.439. The molecule has 0 fully saturated rings. The van der Waals surface area contributed by atoms with E-state index in [0.717, 1.165) is 0 Å². The molecule has 0 bridgehead atoms. The molecule has 0 radical (unpaired) electrons. The number of rotatable bonds is 4. The zero-order chi connectivity index (χ0) is 16.3. The Morgan fingerprint density at radius 2 is 1.52 bits per heavy atom. The van der Waals surface area contributed by atoms with Crippen molar-refractivity contribution in [3.05, 3.63) is 34.9 Å². The van der Waals surface area contributed by atoms with Crippen LogP contribution in [-0.4, -0.2) is 13.1 Å². The van der Waals surface area contributed by atoms with Crippen molar-refractivity contribution in [2.45, 2.75) is 18.4 Å². The van der Waals surface area contributed by atoms with E-state index in [2.05, 4.69) is 11.2 Å². The van der Waals surface area contributed by atoms with Crippen molar-refractivity contribution in [1.82, 2.24) is 5.32 Å². The van der Waals surface area contributed by atoms with Crippen LogP contribution in [0.15, 0.2) is 18.2 Å². The number of benzene rings is 1. The van der Waals surface area contributed by atoms with E-state index in [0.29, 0.717) is 12.1 Å². The van der Waals surface area contributed by atoms with Crippen molar-refractivity contribution >= 4 is 0 Å². The van der Waals surface area contributed by atoms with Gasteiger partial charge in [-0.25, -0.2) is 0 Å². The van der Waals surface area contributed by atoms with Crippen molar-refractivity contribution in [2.24, 2.45) is 5.73 Å². The van der Waals surface area contributed by atoms with Crippen molar-refractivity contribution in [2.75, 3.05) is 13.1 Å². The van der Waals surface area contributed by atoms with Gasteiger partial charge in [0.15, 0.2) is 0 Å². The van der Waals surface area contributed by atoms with Crippen LogP contribution in [0.1, 0.15) is 22.7 Å². The average Bonchev–Trinajstić information content (AvgIpc) is 2.37. The number of terminal acetylenes is 1. The molecule has 0 saturated heterocycles. The Hall–Kier alpha value is -1.72. The van der Waals surface area contributed by atoms with Gasteiger partial charge in [-0.15, -0.1) is 6.42 Å². The second-order valence-corrected chi connectivity index (χ2v) is 4.21. The lowest BCUT2D eigenvalue weighted by atomic mass is 9.99. The molecule has 0 heterocycles. The Bertz CT molecular complexity index is 495. The molecule has 1 unspecified atom stereocenters. The zero-order valence-corrected chi connectivity index (χ0v) is 10.6. The van der Waals surface area contributed by atoms with Gasteiger partial charge in [-0.2, -0.15) is 26.3 Å². The van der Waals surface area contributed by atoms with Crippen LogP contribution in [0.4, 0.5) is 26.3 Å². The minimum atomic E-state index is -4.89. The van der Waals surface area contributed by atoms with Gasteiger partial charge in [0.25, 0.3) is 0 Å². The first-order valence-electron chi connectivity index (χ1n) is 5.76. The molecular weight excluding hydrogens is 298 g/mol. The highest BCUT2D eigenvalue weighted by molar-refractivity contribution is 5.35. The molecule has 0 aliphatic heterocycles. The van der Waals surface area contributed by atoms with Crippen LogP contribution in [0, 0.1) is 12.3 Å². The van der Waals surface area contributed by atoms with Gasteiger partial charge in [0.2, 0.25) is 0 Å². The van der Waals surface area contributed by atoms with Gasteiger partial charge >= 0.3 is 12.4 Å². The van der Waals surface area contributed by atoms with E-state index < -0.39 is 29.5 Å². The Kier molecular flexibility index (Phi) is 5.25. The van der Waals surface area contributed by atoms with E-state index in [4.69, 9.17) is 12.2 Å². The predicted octanol–water partition coefficient (Wildman–Crippen LogP) is 2.95. The van der Waals surface area contributed by atoms with E-state index >= 15 is 0 Å². The summed E-state index contributed by atoms with van der Waals surface area (Å²) in [5.41, 5.74) is 2.39. The smallest absolute Gasteiger partial charge is 0.329 e. The molecule has 0 aliphatic carbocycles. The monoisotopic (exact) mass is 310 g/mol. The fraction of sp³-hybridized carbons (Fsp3) is 0.385. The summed E-state index contributed by atoms with van der Waals surface area (Å²) < 4.78 is 76.2. The Balaban J connectivity index is 3.34. The number of hydrogen-bond donors (Lipinski definition) is 2. The molecule has 1 rings (SSSR count). The lowest BCUT2D eigenvalue weighted by molar-refractivity contribution is -0.143. The number of nitrogens with two attached hydrogens (primary N) is 1. The Morgan fingerprint density at radius 3 is 1.86 bits per heavy atom. The average molecular weight is 310 g/mol. The predicted molar refractivity (Wildman–Crippen MR) is 65.1 cm³/mol. The molecule has 1 aromatic rings. The van der Waals surface area contributed by atoms with Crippen LogP contribution in [-0.2, 0) is 12.4 Å². The van der Waals surface area contributed by atoms with Gasteiger partial charge in [0.1, 0.15) is 0 Å². The molecule has 0 aliphatic rings. The first-order chi connectivity index (χ1) is 9.59. The topological polar surface area (TPSA) is 38.0 Å². The largest absolute Gasteiger partial charge is 0.416 e. The molecule has 8 heteroatoms. The van der Waals surface area contributed by atoms with Crippen LogP contribution in [0.5, 0.6) is 0 Å². The van der Waals surface area contributed by atoms with Crippen molar-refractivity contribution < 1.29 is 26.3 Å². The van der Waals surface area contributed by atoms with E-state index in [9.17, 15) is 26.3 Å². The lowest BCUT2D eigenvalue weighted by Crippen LogP contribution is -2.29. The minimum Gasteiger partial charge on any atom is -0.329 e. The zero-order valence-electron chi connectivity index (χ0n) is 10.6. The van der Waals surface area contributed by atoms with Crippen LogP contribution < -0.4 is 11.1 Å². The van der Waals surface area contributed by atoms with Crippen LogP contribution >= 0.6 is 0 Å². The van der Waals surface area contributed by atoms with E-state index in [-0.39, 0.29) is 24.7 Å². The maximum Gasteiger partial charge on any atom is 0.416 e. The molecular formula is C13H12F6N2. The first kappa shape index (κ1) is 17.3. The Morgan fingerprint density at radius 1 is 1.05 bits per heavy atom. The summed E-state index contributed by atoms with van der Waals surface area (Å²) >= 11 is 0. The highest BCUT2D eigenvalue weighted by Crippen LogP contribution is 2.37. The van der Waals surface area contributed by atoms with Gasteiger partial charge in [0.05, 0.1) is 17.7 Å². The fourth-order valence-electron chi connectivity index (χ4n) is 1.70. The number of nitrogens with one attached hydrogen (secondary N) is 1. The third-order valence-corrected chi connectivity index (χ3v) is 2.70. The molecule has 0 saturated carbocycles. The summed E-state index contributed by atoms with van der Waals surface area (Å²) in [7, 11) is 0. The first-order valence-corrected chi connectivity index (χ1v) is 5.76. The molecule has 3 N–H and O–H groups in total. The third kappa shape index (κ3) is 4.65. The quantitative estimate of drug-likeness (QED) is 0.663. The van der Waals surface area contributed by atoms with Gasteiger partial charge in [-0.1, -0.05) is 5.92 Å². The van der Waals surface area contributed by atoms with Crippen LogP contribution in [0.2, 0.25) is 0 Å². The minimum absolute atomic E-state index is 0.0283. The van der Waals surface area contributed by atoms with E-state index in [1.807, 2.05) is 0 Å². The maximum absolute atomic E-state index is 12.7. The van der Waals surface area contributed by atoms with Crippen LogP contribution in [0.3, 0.4) is 0 Å². The number of hydrogen-bond acceptors (Lipinski definition) is 2. The van der Waals surface area contributed by atoms with Crippen molar-refractivity contribution in [1.29, 1.82) is 0 Å². The third-order valence-electron chi connectivity index (χ3n) is 2.70. The second kappa shape index (κ2) is 6.37. The maximum atomic E-state index is 12.7. The normalized spacial score (nSPS) is 13.8. The summed E-state index contributed by atoms with van der Waals surface area (Å²) in [5, 5.41) is 2.60. The molecule has 0 aromatic heterocycles. The molecule has 0 amide bonds. The second-order valence-electron chi connectivity index (χ2n) is 4.21. The Labute approximate surface area is 117 Å². The molecule has 1 aromatic carbocycles. The van der Waals surface area contributed by atoms with Gasteiger partial charge in [-0.3, -0.25) is 5.32 Å².